The van der Waals surface area contributed by atoms with E-state index >= 15 is 0 Å². The summed E-state index contributed by atoms with van der Waals surface area (Å²) in [5.74, 6) is 0.819. The number of aliphatic hydroxyl groups is 1. The first kappa shape index (κ1) is 9.47. The molecule has 0 amide bonds. The van der Waals surface area contributed by atoms with E-state index in [9.17, 15) is 5.11 Å². The van der Waals surface area contributed by atoms with Crippen LogP contribution in [0.1, 0.15) is 38.5 Å². The molecule has 0 aromatic heterocycles. The molecule has 2 heteroatoms. The summed E-state index contributed by atoms with van der Waals surface area (Å²) in [4.78, 5) is 0. The van der Waals surface area contributed by atoms with Gasteiger partial charge in [-0.2, -0.15) is 0 Å². The fraction of sp³-hybridized carbons (Fsp3) is 1.00. The van der Waals surface area contributed by atoms with Crippen LogP contribution in [0.4, 0.5) is 0 Å². The molecule has 13 heavy (non-hydrogen) atoms. The van der Waals surface area contributed by atoms with Crippen LogP contribution in [0, 0.1) is 11.3 Å². The normalized spacial score (nSPS) is 29.3. The molecule has 1 aliphatic heterocycles. The van der Waals surface area contributed by atoms with Gasteiger partial charge in [0.25, 0.3) is 0 Å². The van der Waals surface area contributed by atoms with Gasteiger partial charge in [0.1, 0.15) is 0 Å². The highest BCUT2D eigenvalue weighted by molar-refractivity contribution is 4.91. The Morgan fingerprint density at radius 3 is 2.31 bits per heavy atom. The van der Waals surface area contributed by atoms with Crippen molar-refractivity contribution in [1.29, 1.82) is 0 Å². The largest absolute Gasteiger partial charge is 0.396 e. The van der Waals surface area contributed by atoms with E-state index in [4.69, 9.17) is 0 Å². The van der Waals surface area contributed by atoms with Gasteiger partial charge in [-0.15, -0.1) is 0 Å². The minimum Gasteiger partial charge on any atom is -0.396 e. The fourth-order valence-electron chi connectivity index (χ4n) is 3.16. The van der Waals surface area contributed by atoms with Gasteiger partial charge in [0.2, 0.25) is 0 Å². The predicted molar refractivity (Wildman–Crippen MR) is 53.6 cm³/mol. The maximum Gasteiger partial charge on any atom is 0.0491 e. The van der Waals surface area contributed by atoms with Gasteiger partial charge < -0.3 is 10.4 Å². The number of hydrogen-bond donors (Lipinski definition) is 2. The third-order valence-corrected chi connectivity index (χ3v) is 4.14. The van der Waals surface area contributed by atoms with Gasteiger partial charge >= 0.3 is 0 Å². The van der Waals surface area contributed by atoms with Gasteiger partial charge in [-0.25, -0.2) is 0 Å². The highest BCUT2D eigenvalue weighted by Crippen LogP contribution is 2.45. The van der Waals surface area contributed by atoms with Crippen molar-refractivity contribution < 1.29 is 5.11 Å². The highest BCUT2D eigenvalue weighted by atomic mass is 16.3. The summed E-state index contributed by atoms with van der Waals surface area (Å²) in [5, 5.41) is 13.0. The lowest BCUT2D eigenvalue weighted by atomic mass is 9.69. The quantitative estimate of drug-likeness (QED) is 0.680. The van der Waals surface area contributed by atoms with Crippen LogP contribution >= 0.6 is 0 Å². The SMILES string of the molecule is OCC1(C2CCCC2)CCNCC1. The Bertz CT molecular complexity index is 157. The zero-order valence-electron chi connectivity index (χ0n) is 8.39. The van der Waals surface area contributed by atoms with Gasteiger partial charge in [0.05, 0.1) is 0 Å². The molecule has 0 aromatic carbocycles. The molecule has 1 saturated carbocycles. The van der Waals surface area contributed by atoms with Crippen LogP contribution < -0.4 is 5.32 Å². The lowest BCUT2D eigenvalue weighted by Crippen LogP contribution is -2.43. The molecule has 0 bridgehead atoms. The molecule has 1 saturated heterocycles. The standard InChI is InChI=1S/C11H21NO/c13-9-11(5-7-12-8-6-11)10-3-1-2-4-10/h10,12-13H,1-9H2. The lowest BCUT2D eigenvalue weighted by molar-refractivity contribution is 0.0319. The molecule has 2 nitrogen and oxygen atoms in total. The van der Waals surface area contributed by atoms with E-state index in [1.165, 1.54) is 38.5 Å². The molecule has 0 spiro atoms. The maximum absolute atomic E-state index is 9.57. The minimum atomic E-state index is 0.293. The third-order valence-electron chi connectivity index (χ3n) is 4.14. The Labute approximate surface area is 80.7 Å². The summed E-state index contributed by atoms with van der Waals surface area (Å²) in [7, 11) is 0. The zero-order chi connectivity index (χ0) is 9.15. The van der Waals surface area contributed by atoms with Crippen molar-refractivity contribution in [3.05, 3.63) is 0 Å². The second kappa shape index (κ2) is 3.97. The average Bonchev–Trinajstić information content (AvgIpc) is 2.72. The van der Waals surface area contributed by atoms with E-state index in [2.05, 4.69) is 5.32 Å². The Hall–Kier alpha value is -0.0800. The van der Waals surface area contributed by atoms with Crippen molar-refractivity contribution >= 4 is 0 Å². The van der Waals surface area contributed by atoms with E-state index in [-0.39, 0.29) is 0 Å². The first-order chi connectivity index (χ1) is 6.37. The van der Waals surface area contributed by atoms with Gasteiger partial charge in [0.15, 0.2) is 0 Å². The number of nitrogens with one attached hydrogen (secondary N) is 1. The van der Waals surface area contributed by atoms with Crippen LogP contribution in [0.25, 0.3) is 0 Å². The van der Waals surface area contributed by atoms with Crippen molar-refractivity contribution in [3.8, 4) is 0 Å². The molecule has 2 fully saturated rings. The van der Waals surface area contributed by atoms with Crippen LogP contribution in [0.5, 0.6) is 0 Å². The summed E-state index contributed by atoms with van der Waals surface area (Å²) in [5.41, 5.74) is 0.293. The molecule has 1 heterocycles. The molecular weight excluding hydrogens is 162 g/mol. The molecule has 0 unspecified atom stereocenters. The summed E-state index contributed by atoms with van der Waals surface area (Å²) in [6.45, 7) is 2.63. The molecule has 1 aliphatic carbocycles. The predicted octanol–water partition coefficient (Wildman–Crippen LogP) is 1.54. The lowest BCUT2D eigenvalue weighted by Gasteiger charge is -2.41. The Balaban J connectivity index is 2.03. The van der Waals surface area contributed by atoms with Gasteiger partial charge in [-0.05, 0) is 50.1 Å². The molecule has 0 atom stereocenters. The Morgan fingerprint density at radius 2 is 1.77 bits per heavy atom. The number of aliphatic hydroxyl groups excluding tert-OH is 1. The van der Waals surface area contributed by atoms with Crippen molar-refractivity contribution in [2.45, 2.75) is 38.5 Å². The second-order valence-corrected chi connectivity index (χ2v) is 4.75. The Kier molecular flexibility index (Phi) is 2.89. The van der Waals surface area contributed by atoms with Gasteiger partial charge in [-0.1, -0.05) is 12.8 Å². The molecular formula is C11H21NO. The van der Waals surface area contributed by atoms with Crippen molar-refractivity contribution in [2.75, 3.05) is 19.7 Å². The second-order valence-electron chi connectivity index (χ2n) is 4.75. The molecule has 0 aromatic rings. The van der Waals surface area contributed by atoms with Gasteiger partial charge in [-0.3, -0.25) is 0 Å². The maximum atomic E-state index is 9.57. The monoisotopic (exact) mass is 183 g/mol. The highest BCUT2D eigenvalue weighted by Gasteiger charge is 2.40. The van der Waals surface area contributed by atoms with Crippen LogP contribution in [-0.4, -0.2) is 24.8 Å². The minimum absolute atomic E-state index is 0.293. The van der Waals surface area contributed by atoms with Crippen molar-refractivity contribution in [1.82, 2.24) is 5.32 Å². The molecule has 76 valence electrons. The number of piperidine rings is 1. The summed E-state index contributed by atoms with van der Waals surface area (Å²) in [6, 6.07) is 0. The van der Waals surface area contributed by atoms with Crippen molar-refractivity contribution in [2.24, 2.45) is 11.3 Å². The van der Waals surface area contributed by atoms with E-state index in [0.717, 1.165) is 19.0 Å². The van der Waals surface area contributed by atoms with Gasteiger partial charge in [0, 0.05) is 6.61 Å². The van der Waals surface area contributed by atoms with Crippen LogP contribution in [0.3, 0.4) is 0 Å². The van der Waals surface area contributed by atoms with Crippen LogP contribution in [0.2, 0.25) is 0 Å². The molecule has 0 radical (unpaired) electrons. The van der Waals surface area contributed by atoms with Crippen LogP contribution in [0.15, 0.2) is 0 Å². The zero-order valence-corrected chi connectivity index (χ0v) is 8.39. The number of rotatable bonds is 2. The number of hydrogen-bond acceptors (Lipinski definition) is 2. The topological polar surface area (TPSA) is 32.3 Å². The Morgan fingerprint density at radius 1 is 1.15 bits per heavy atom. The first-order valence-electron chi connectivity index (χ1n) is 5.69. The smallest absolute Gasteiger partial charge is 0.0491 e. The molecule has 2 rings (SSSR count). The average molecular weight is 183 g/mol. The fourth-order valence-corrected chi connectivity index (χ4v) is 3.16. The summed E-state index contributed by atoms with van der Waals surface area (Å²) >= 11 is 0. The van der Waals surface area contributed by atoms with E-state index < -0.39 is 0 Å². The van der Waals surface area contributed by atoms with Crippen molar-refractivity contribution in [3.63, 3.8) is 0 Å². The van der Waals surface area contributed by atoms with E-state index in [1.54, 1.807) is 0 Å². The molecule has 2 N–H and O–H groups in total. The van der Waals surface area contributed by atoms with E-state index in [1.807, 2.05) is 0 Å². The summed E-state index contributed by atoms with van der Waals surface area (Å²) in [6.07, 6.45) is 7.88. The first-order valence-corrected chi connectivity index (χ1v) is 5.69. The van der Waals surface area contributed by atoms with E-state index in [0.29, 0.717) is 12.0 Å². The summed E-state index contributed by atoms with van der Waals surface area (Å²) < 4.78 is 0. The third kappa shape index (κ3) is 1.75. The van der Waals surface area contributed by atoms with Crippen LogP contribution in [-0.2, 0) is 0 Å². The molecule has 2 aliphatic rings.